The van der Waals surface area contributed by atoms with Crippen molar-refractivity contribution in [2.45, 2.75) is 31.7 Å². The lowest BCUT2D eigenvalue weighted by molar-refractivity contribution is 0.110. The highest BCUT2D eigenvalue weighted by atomic mass is 32.2. The summed E-state index contributed by atoms with van der Waals surface area (Å²) < 4.78 is 44.5. The second-order valence-corrected chi connectivity index (χ2v) is 8.35. The molecule has 0 bridgehead atoms. The highest BCUT2D eigenvalue weighted by molar-refractivity contribution is 7.89. The minimum Gasteiger partial charge on any atom is -0.497 e. The van der Waals surface area contributed by atoms with E-state index in [0.29, 0.717) is 25.6 Å². The summed E-state index contributed by atoms with van der Waals surface area (Å²) in [6.45, 7) is 7.43. The summed E-state index contributed by atoms with van der Waals surface area (Å²) in [5.74, 6) is 1.41. The van der Waals surface area contributed by atoms with Gasteiger partial charge in [0.15, 0.2) is 0 Å². The first-order valence-electron chi connectivity index (χ1n) is 9.34. The van der Waals surface area contributed by atoms with Crippen LogP contribution in [0.1, 0.15) is 32.4 Å². The third-order valence-electron chi connectivity index (χ3n) is 4.26. The maximum atomic E-state index is 12.9. The lowest BCUT2D eigenvalue weighted by Gasteiger charge is -2.23. The van der Waals surface area contributed by atoms with Gasteiger partial charge in [-0.1, -0.05) is 26.0 Å². The van der Waals surface area contributed by atoms with Crippen LogP contribution in [0.15, 0.2) is 53.4 Å². The van der Waals surface area contributed by atoms with Crippen LogP contribution in [0.3, 0.4) is 0 Å². The molecular weight excluding hydrogens is 378 g/mol. The first kappa shape index (κ1) is 22.2. The second kappa shape index (κ2) is 10.5. The molecular formula is C21H29NO5S. The van der Waals surface area contributed by atoms with Crippen molar-refractivity contribution in [1.82, 2.24) is 4.72 Å². The molecule has 0 radical (unpaired) electrons. The van der Waals surface area contributed by atoms with Crippen LogP contribution in [0.25, 0.3) is 0 Å². The molecule has 0 amide bonds. The predicted octanol–water partition coefficient (Wildman–Crippen LogP) is 3.79. The lowest BCUT2D eigenvalue weighted by atomic mass is 9.97. The average molecular weight is 408 g/mol. The largest absolute Gasteiger partial charge is 0.497 e. The van der Waals surface area contributed by atoms with Gasteiger partial charge in [-0.15, -0.1) is 0 Å². The van der Waals surface area contributed by atoms with E-state index in [9.17, 15) is 8.42 Å². The van der Waals surface area contributed by atoms with Crippen LogP contribution in [0.4, 0.5) is 0 Å². The van der Waals surface area contributed by atoms with E-state index in [1.807, 2.05) is 45.0 Å². The van der Waals surface area contributed by atoms with Gasteiger partial charge in [-0.05, 0) is 54.8 Å². The zero-order chi connectivity index (χ0) is 20.6. The van der Waals surface area contributed by atoms with Crippen molar-refractivity contribution >= 4 is 10.0 Å². The molecule has 7 heteroatoms. The number of ether oxygens (including phenoxy) is 3. The normalized spacial score (nSPS) is 12.8. The minimum absolute atomic E-state index is 0.0735. The van der Waals surface area contributed by atoms with Crippen molar-refractivity contribution in [3.63, 3.8) is 0 Å². The molecule has 0 spiro atoms. The smallest absolute Gasteiger partial charge is 0.241 e. The van der Waals surface area contributed by atoms with Gasteiger partial charge in [0.05, 0.1) is 18.6 Å². The third kappa shape index (κ3) is 6.22. The van der Waals surface area contributed by atoms with Crippen molar-refractivity contribution in [3.05, 3.63) is 54.1 Å². The van der Waals surface area contributed by atoms with Crippen molar-refractivity contribution in [3.8, 4) is 11.5 Å². The summed E-state index contributed by atoms with van der Waals surface area (Å²) in [6, 6.07) is 13.5. The molecule has 0 saturated heterocycles. The second-order valence-electron chi connectivity index (χ2n) is 6.63. The van der Waals surface area contributed by atoms with Crippen molar-refractivity contribution in [2.24, 2.45) is 5.92 Å². The first-order valence-corrected chi connectivity index (χ1v) is 10.8. The summed E-state index contributed by atoms with van der Waals surface area (Å²) in [4.78, 5) is 0.198. The van der Waals surface area contributed by atoms with Gasteiger partial charge in [0.2, 0.25) is 10.0 Å². The van der Waals surface area contributed by atoms with E-state index in [-0.39, 0.29) is 16.9 Å². The number of sulfonamides is 1. The van der Waals surface area contributed by atoms with E-state index in [4.69, 9.17) is 14.2 Å². The molecule has 1 unspecified atom stereocenters. The summed E-state index contributed by atoms with van der Waals surface area (Å²) in [7, 11) is -2.08. The number of nitrogens with one attached hydrogen (secondary N) is 1. The van der Waals surface area contributed by atoms with Gasteiger partial charge in [-0.2, -0.15) is 0 Å². The Morgan fingerprint density at radius 3 is 2.07 bits per heavy atom. The van der Waals surface area contributed by atoms with Gasteiger partial charge < -0.3 is 14.2 Å². The van der Waals surface area contributed by atoms with Crippen LogP contribution < -0.4 is 14.2 Å². The van der Waals surface area contributed by atoms with Crippen LogP contribution in [-0.4, -0.2) is 35.3 Å². The molecule has 6 nitrogen and oxygen atoms in total. The van der Waals surface area contributed by atoms with E-state index in [0.717, 1.165) is 11.3 Å². The number of benzene rings is 2. The van der Waals surface area contributed by atoms with Crippen LogP contribution in [0, 0.1) is 5.92 Å². The Labute approximate surface area is 167 Å². The van der Waals surface area contributed by atoms with Crippen LogP contribution in [0.2, 0.25) is 0 Å². The Kier molecular flexibility index (Phi) is 8.29. The quantitative estimate of drug-likeness (QED) is 0.574. The fourth-order valence-electron chi connectivity index (χ4n) is 2.71. The van der Waals surface area contributed by atoms with E-state index < -0.39 is 10.0 Å². The van der Waals surface area contributed by atoms with E-state index in [1.165, 1.54) is 0 Å². The minimum atomic E-state index is -3.68. The molecule has 0 heterocycles. The standard InChI is InChI=1S/C21H29NO5S/c1-5-26-14-15-27-19-10-12-20(13-11-19)28(23,24)22-21(16(2)3)17-6-8-18(25-4)9-7-17/h6-13,16,21-22H,5,14-15H2,1-4H3. The molecule has 0 aliphatic rings. The highest BCUT2D eigenvalue weighted by Crippen LogP contribution is 2.26. The Morgan fingerprint density at radius 2 is 1.54 bits per heavy atom. The van der Waals surface area contributed by atoms with E-state index >= 15 is 0 Å². The monoisotopic (exact) mass is 407 g/mol. The van der Waals surface area contributed by atoms with Crippen LogP contribution in [0.5, 0.6) is 11.5 Å². The van der Waals surface area contributed by atoms with Crippen molar-refractivity contribution in [2.75, 3.05) is 26.9 Å². The zero-order valence-electron chi connectivity index (χ0n) is 16.8. The summed E-state index contributed by atoms with van der Waals surface area (Å²) in [5, 5.41) is 0. The van der Waals surface area contributed by atoms with E-state index in [1.54, 1.807) is 31.4 Å². The molecule has 154 valence electrons. The van der Waals surface area contributed by atoms with Gasteiger partial charge in [-0.3, -0.25) is 0 Å². The summed E-state index contributed by atoms with van der Waals surface area (Å²) in [6.07, 6.45) is 0. The fourth-order valence-corrected chi connectivity index (χ4v) is 4.09. The summed E-state index contributed by atoms with van der Waals surface area (Å²) in [5.41, 5.74) is 0.884. The molecule has 1 atom stereocenters. The molecule has 2 aromatic rings. The van der Waals surface area contributed by atoms with Gasteiger partial charge in [0, 0.05) is 12.6 Å². The van der Waals surface area contributed by atoms with Crippen molar-refractivity contribution in [1.29, 1.82) is 0 Å². The lowest BCUT2D eigenvalue weighted by Crippen LogP contribution is -2.31. The number of hydrogen-bond donors (Lipinski definition) is 1. The number of methoxy groups -OCH3 is 1. The Bertz CT molecular complexity index is 817. The first-order chi connectivity index (χ1) is 13.4. The van der Waals surface area contributed by atoms with Gasteiger partial charge >= 0.3 is 0 Å². The number of rotatable bonds is 11. The average Bonchev–Trinajstić information content (AvgIpc) is 2.70. The highest BCUT2D eigenvalue weighted by Gasteiger charge is 2.24. The molecule has 0 fully saturated rings. The zero-order valence-corrected chi connectivity index (χ0v) is 17.7. The predicted molar refractivity (Wildman–Crippen MR) is 109 cm³/mol. The Hall–Kier alpha value is -2.09. The summed E-state index contributed by atoms with van der Waals surface area (Å²) >= 11 is 0. The van der Waals surface area contributed by atoms with Gasteiger partial charge in [0.25, 0.3) is 0 Å². The Morgan fingerprint density at radius 1 is 0.929 bits per heavy atom. The molecule has 28 heavy (non-hydrogen) atoms. The van der Waals surface area contributed by atoms with Gasteiger partial charge in [-0.25, -0.2) is 13.1 Å². The topological polar surface area (TPSA) is 73.9 Å². The van der Waals surface area contributed by atoms with Crippen LogP contribution >= 0.6 is 0 Å². The molecule has 1 N–H and O–H groups in total. The molecule has 0 saturated carbocycles. The molecule has 0 aromatic heterocycles. The van der Waals surface area contributed by atoms with Crippen LogP contribution in [-0.2, 0) is 14.8 Å². The van der Waals surface area contributed by atoms with Gasteiger partial charge in [0.1, 0.15) is 18.1 Å². The molecule has 0 aliphatic heterocycles. The molecule has 2 rings (SSSR count). The maximum absolute atomic E-state index is 12.9. The Balaban J connectivity index is 2.10. The van der Waals surface area contributed by atoms with E-state index in [2.05, 4.69) is 4.72 Å². The maximum Gasteiger partial charge on any atom is 0.241 e. The van der Waals surface area contributed by atoms with Crippen molar-refractivity contribution < 1.29 is 22.6 Å². The molecule has 2 aromatic carbocycles. The number of hydrogen-bond acceptors (Lipinski definition) is 5. The molecule has 0 aliphatic carbocycles. The fraction of sp³-hybridized carbons (Fsp3) is 0.429. The SMILES string of the molecule is CCOCCOc1ccc(S(=O)(=O)NC(c2ccc(OC)cc2)C(C)C)cc1. The third-order valence-corrected chi connectivity index (χ3v) is 5.72.